The summed E-state index contributed by atoms with van der Waals surface area (Å²) < 4.78 is 28.2. The topological polar surface area (TPSA) is 105 Å². The van der Waals surface area contributed by atoms with Gasteiger partial charge in [-0.15, -0.1) is 12.4 Å². The predicted molar refractivity (Wildman–Crippen MR) is 112 cm³/mol. The molecule has 2 aromatic rings. The van der Waals surface area contributed by atoms with Gasteiger partial charge in [0.1, 0.15) is 5.54 Å². The summed E-state index contributed by atoms with van der Waals surface area (Å²) in [5, 5.41) is 10.5. The number of carbonyl (C=O) groups excluding carboxylic acids is 1. The summed E-state index contributed by atoms with van der Waals surface area (Å²) in [6.07, 6.45) is 5.26. The maximum atomic E-state index is 13.1. The number of aromatic nitrogens is 2. The second kappa shape index (κ2) is 9.40. The van der Waals surface area contributed by atoms with E-state index < -0.39 is 15.6 Å². The molecule has 8 nitrogen and oxygen atoms in total. The largest absolute Gasteiger partial charge is 0.324 e. The van der Waals surface area contributed by atoms with Crippen LogP contribution in [0.4, 0.5) is 11.4 Å². The Hall–Kier alpha value is -2.10. The normalized spacial score (nSPS) is 16.0. The molecule has 0 radical (unpaired) electrons. The molecule has 28 heavy (non-hydrogen) atoms. The highest BCUT2D eigenvalue weighted by Crippen LogP contribution is 2.29. The van der Waals surface area contributed by atoms with Crippen molar-refractivity contribution in [2.24, 2.45) is 0 Å². The average molecular weight is 428 g/mol. The van der Waals surface area contributed by atoms with E-state index in [1.807, 2.05) is 6.92 Å². The van der Waals surface area contributed by atoms with Gasteiger partial charge in [0, 0.05) is 18.1 Å². The summed E-state index contributed by atoms with van der Waals surface area (Å²) in [5.74, 6) is -0.0970. The van der Waals surface area contributed by atoms with Crippen molar-refractivity contribution in [1.29, 1.82) is 0 Å². The van der Waals surface area contributed by atoms with E-state index in [1.54, 1.807) is 47.4 Å². The molecule has 0 saturated carbocycles. The first kappa shape index (κ1) is 22.2. The van der Waals surface area contributed by atoms with E-state index in [1.165, 1.54) is 0 Å². The molecular weight excluding hydrogens is 402 g/mol. The Labute approximate surface area is 171 Å². The molecule has 1 aliphatic heterocycles. The third kappa shape index (κ3) is 5.03. The summed E-state index contributed by atoms with van der Waals surface area (Å²) in [6.45, 7) is 3.26. The lowest BCUT2D eigenvalue weighted by Gasteiger charge is -2.36. The van der Waals surface area contributed by atoms with Crippen molar-refractivity contribution in [2.45, 2.75) is 31.7 Å². The van der Waals surface area contributed by atoms with E-state index in [-0.39, 0.29) is 24.1 Å². The molecule has 0 unspecified atom stereocenters. The van der Waals surface area contributed by atoms with Crippen molar-refractivity contribution in [2.75, 3.05) is 28.9 Å². The highest BCUT2D eigenvalue weighted by molar-refractivity contribution is 7.92. The number of amides is 1. The Kier molecular flexibility index (Phi) is 7.45. The highest BCUT2D eigenvalue weighted by Gasteiger charge is 2.42. The van der Waals surface area contributed by atoms with Gasteiger partial charge in [-0.25, -0.2) is 8.42 Å². The summed E-state index contributed by atoms with van der Waals surface area (Å²) >= 11 is 0. The zero-order chi connectivity index (χ0) is 19.3. The first-order chi connectivity index (χ1) is 13.0. The lowest BCUT2D eigenvalue weighted by Crippen LogP contribution is -2.52. The number of rotatable bonds is 7. The van der Waals surface area contributed by atoms with Crippen molar-refractivity contribution in [3.05, 3.63) is 42.7 Å². The zero-order valence-electron chi connectivity index (χ0n) is 15.7. The third-order valence-corrected chi connectivity index (χ3v) is 6.16. The Morgan fingerprint density at radius 3 is 2.61 bits per heavy atom. The van der Waals surface area contributed by atoms with Gasteiger partial charge in [0.25, 0.3) is 5.91 Å². The van der Waals surface area contributed by atoms with Crippen LogP contribution < -0.4 is 15.4 Å². The number of hydrogen-bond acceptors (Lipinski definition) is 5. The van der Waals surface area contributed by atoms with Gasteiger partial charge in [-0.2, -0.15) is 5.10 Å². The summed E-state index contributed by atoms with van der Waals surface area (Å²) in [6, 6.07) is 8.55. The number of anilines is 2. The van der Waals surface area contributed by atoms with Gasteiger partial charge in [-0.1, -0.05) is 13.0 Å². The quantitative estimate of drug-likeness (QED) is 0.628. The third-order valence-electron chi connectivity index (χ3n) is 4.66. The second-order valence-electron chi connectivity index (χ2n) is 6.69. The van der Waals surface area contributed by atoms with Crippen LogP contribution in [-0.4, -0.2) is 42.9 Å². The van der Waals surface area contributed by atoms with Crippen LogP contribution in [0.1, 0.15) is 26.2 Å². The van der Waals surface area contributed by atoms with Gasteiger partial charge in [0.2, 0.25) is 10.0 Å². The van der Waals surface area contributed by atoms with Crippen molar-refractivity contribution in [1.82, 2.24) is 15.1 Å². The number of halogens is 1. The lowest BCUT2D eigenvalue weighted by molar-refractivity contribution is -0.126. The summed E-state index contributed by atoms with van der Waals surface area (Å²) in [4.78, 5) is 13.1. The standard InChI is InChI=1S/C18H25N5O3S.ClH/c1-2-13-27(25,26)22-16-6-3-5-15(14-16)21-17(24)18(7-10-19-11-8-18)23-12-4-9-20-23;/h3-6,9,12,14,19,22H,2,7-8,10-11,13H2,1H3,(H,21,24);1H. The van der Waals surface area contributed by atoms with Gasteiger partial charge < -0.3 is 10.6 Å². The van der Waals surface area contributed by atoms with Crippen LogP contribution in [0.5, 0.6) is 0 Å². The molecule has 0 bridgehead atoms. The minimum Gasteiger partial charge on any atom is -0.324 e. The Balaban J connectivity index is 0.00000280. The first-order valence-corrected chi connectivity index (χ1v) is 10.7. The lowest BCUT2D eigenvalue weighted by atomic mass is 9.87. The van der Waals surface area contributed by atoms with Crippen LogP contribution in [0.2, 0.25) is 0 Å². The minimum atomic E-state index is -3.38. The van der Waals surface area contributed by atoms with Gasteiger partial charge in [-0.05, 0) is 56.6 Å². The van der Waals surface area contributed by atoms with Gasteiger partial charge in [0.05, 0.1) is 11.4 Å². The molecule has 3 N–H and O–H groups in total. The molecule has 3 rings (SSSR count). The Morgan fingerprint density at radius 2 is 1.96 bits per heavy atom. The molecule has 1 aliphatic rings. The van der Waals surface area contributed by atoms with E-state index >= 15 is 0 Å². The van der Waals surface area contributed by atoms with Crippen LogP contribution in [0, 0.1) is 0 Å². The molecule has 0 atom stereocenters. The SMILES string of the molecule is CCCS(=O)(=O)Nc1cccc(NC(=O)C2(n3cccn3)CCNCC2)c1.Cl. The molecule has 1 saturated heterocycles. The number of nitrogens with one attached hydrogen (secondary N) is 3. The number of piperidine rings is 1. The maximum absolute atomic E-state index is 13.1. The summed E-state index contributed by atoms with van der Waals surface area (Å²) in [7, 11) is -3.38. The van der Waals surface area contributed by atoms with Gasteiger partial charge in [0.15, 0.2) is 0 Å². The molecule has 2 heterocycles. The van der Waals surface area contributed by atoms with E-state index in [0.717, 1.165) is 13.1 Å². The number of carbonyl (C=O) groups is 1. The predicted octanol–water partition coefficient (Wildman–Crippen LogP) is 2.17. The fraction of sp³-hybridized carbons (Fsp3) is 0.444. The van der Waals surface area contributed by atoms with Crippen molar-refractivity contribution >= 4 is 39.7 Å². The fourth-order valence-electron chi connectivity index (χ4n) is 3.33. The molecule has 10 heteroatoms. The maximum Gasteiger partial charge on any atom is 0.252 e. The van der Waals surface area contributed by atoms with Crippen LogP contribution in [0.3, 0.4) is 0 Å². The highest BCUT2D eigenvalue weighted by atomic mass is 35.5. The van der Waals surface area contributed by atoms with Crippen molar-refractivity contribution in [3.63, 3.8) is 0 Å². The van der Waals surface area contributed by atoms with Crippen molar-refractivity contribution in [3.8, 4) is 0 Å². The number of sulfonamides is 1. The van der Waals surface area contributed by atoms with Crippen LogP contribution in [-0.2, 0) is 20.4 Å². The monoisotopic (exact) mass is 427 g/mol. The first-order valence-electron chi connectivity index (χ1n) is 9.08. The smallest absolute Gasteiger partial charge is 0.252 e. The molecule has 0 spiro atoms. The molecule has 1 aromatic heterocycles. The van der Waals surface area contributed by atoms with E-state index in [2.05, 4.69) is 20.5 Å². The molecule has 1 fully saturated rings. The van der Waals surface area contributed by atoms with E-state index in [4.69, 9.17) is 0 Å². The Morgan fingerprint density at radius 1 is 1.25 bits per heavy atom. The van der Waals surface area contributed by atoms with E-state index in [9.17, 15) is 13.2 Å². The molecule has 1 amide bonds. The molecule has 1 aromatic carbocycles. The molecule has 154 valence electrons. The fourth-order valence-corrected chi connectivity index (χ4v) is 4.46. The molecular formula is C18H26ClN5O3S. The van der Waals surface area contributed by atoms with Gasteiger partial charge in [-0.3, -0.25) is 14.2 Å². The van der Waals surface area contributed by atoms with Crippen LogP contribution in [0.25, 0.3) is 0 Å². The zero-order valence-corrected chi connectivity index (χ0v) is 17.4. The number of benzene rings is 1. The molecule has 0 aliphatic carbocycles. The Bertz CT molecular complexity index is 880. The van der Waals surface area contributed by atoms with Crippen molar-refractivity contribution < 1.29 is 13.2 Å². The van der Waals surface area contributed by atoms with Gasteiger partial charge >= 0.3 is 0 Å². The number of nitrogens with zero attached hydrogens (tertiary/aromatic N) is 2. The summed E-state index contributed by atoms with van der Waals surface area (Å²) in [5.41, 5.74) is 0.216. The average Bonchev–Trinajstić information content (AvgIpc) is 3.17. The van der Waals surface area contributed by atoms with Crippen LogP contribution in [0.15, 0.2) is 42.7 Å². The minimum absolute atomic E-state index is 0. The van der Waals surface area contributed by atoms with Crippen LogP contribution >= 0.6 is 12.4 Å². The number of hydrogen-bond donors (Lipinski definition) is 3. The van der Waals surface area contributed by atoms with E-state index in [0.29, 0.717) is 30.6 Å². The second-order valence-corrected chi connectivity index (χ2v) is 8.53.